The molecule has 3 aromatic rings. The number of carbonyl (C=O) groups excluding carboxylic acids is 1. The number of benzene rings is 3. The van der Waals surface area contributed by atoms with Gasteiger partial charge < -0.3 is 19.1 Å². The molecular formula is C24H23NO4S. The van der Waals surface area contributed by atoms with E-state index in [0.29, 0.717) is 23.6 Å². The number of methoxy groups -OCH3 is 2. The molecule has 30 heavy (non-hydrogen) atoms. The molecule has 1 fully saturated rings. The fourth-order valence-electron chi connectivity index (χ4n) is 3.41. The second-order valence-corrected chi connectivity index (χ2v) is 8.00. The van der Waals surface area contributed by atoms with Gasteiger partial charge in [-0.2, -0.15) is 0 Å². The van der Waals surface area contributed by atoms with Crippen molar-refractivity contribution in [2.75, 3.05) is 26.5 Å². The van der Waals surface area contributed by atoms with Crippen LogP contribution in [0.15, 0.2) is 72.8 Å². The number of nitrogens with zero attached hydrogens (tertiary/aromatic N) is 1. The quantitative estimate of drug-likeness (QED) is 0.534. The van der Waals surface area contributed by atoms with E-state index in [1.54, 1.807) is 44.2 Å². The van der Waals surface area contributed by atoms with Crippen molar-refractivity contribution in [3.63, 3.8) is 0 Å². The lowest BCUT2D eigenvalue weighted by molar-refractivity contribution is 0.0759. The average molecular weight is 422 g/mol. The Kier molecular flexibility index (Phi) is 6.14. The van der Waals surface area contributed by atoms with Gasteiger partial charge in [0, 0.05) is 23.9 Å². The number of amides is 1. The smallest absolute Gasteiger partial charge is 0.255 e. The minimum absolute atomic E-state index is 0.0448. The van der Waals surface area contributed by atoms with Gasteiger partial charge in [-0.1, -0.05) is 30.3 Å². The lowest BCUT2D eigenvalue weighted by Gasteiger charge is -2.25. The monoisotopic (exact) mass is 421 g/mol. The highest BCUT2D eigenvalue weighted by Crippen LogP contribution is 2.40. The second kappa shape index (κ2) is 9.13. The predicted molar refractivity (Wildman–Crippen MR) is 119 cm³/mol. The lowest BCUT2D eigenvalue weighted by Crippen LogP contribution is -2.30. The molecule has 0 N–H and O–H groups in total. The van der Waals surface area contributed by atoms with Gasteiger partial charge in [-0.3, -0.25) is 4.79 Å². The van der Waals surface area contributed by atoms with Gasteiger partial charge in [0.15, 0.2) is 0 Å². The highest BCUT2D eigenvalue weighted by Gasteiger charge is 2.32. The fourth-order valence-corrected chi connectivity index (χ4v) is 4.65. The van der Waals surface area contributed by atoms with Crippen molar-refractivity contribution in [2.45, 2.75) is 5.37 Å². The number of para-hydroxylation sites is 1. The molecule has 3 aromatic carbocycles. The largest absolute Gasteiger partial charge is 0.497 e. The summed E-state index contributed by atoms with van der Waals surface area (Å²) in [5.41, 5.74) is 1.59. The van der Waals surface area contributed by atoms with Crippen LogP contribution in [0.4, 0.5) is 0 Å². The molecule has 0 aliphatic carbocycles. The van der Waals surface area contributed by atoms with E-state index in [1.165, 1.54) is 0 Å². The maximum Gasteiger partial charge on any atom is 0.255 e. The lowest BCUT2D eigenvalue weighted by atomic mass is 10.1. The maximum atomic E-state index is 13.3. The third-order valence-corrected chi connectivity index (χ3v) is 6.13. The molecule has 0 bridgehead atoms. The molecule has 4 rings (SSSR count). The van der Waals surface area contributed by atoms with Gasteiger partial charge in [-0.05, 0) is 42.0 Å². The van der Waals surface area contributed by atoms with E-state index in [2.05, 4.69) is 0 Å². The molecule has 0 aromatic heterocycles. The Hall–Kier alpha value is -3.12. The molecule has 5 nitrogen and oxygen atoms in total. The number of hydrogen-bond donors (Lipinski definition) is 0. The van der Waals surface area contributed by atoms with Gasteiger partial charge in [-0.15, -0.1) is 11.8 Å². The van der Waals surface area contributed by atoms with Crippen LogP contribution in [-0.4, -0.2) is 37.3 Å². The Bertz CT molecular complexity index is 1000. The van der Waals surface area contributed by atoms with Crippen LogP contribution in [0.1, 0.15) is 21.3 Å². The summed E-state index contributed by atoms with van der Waals surface area (Å²) in [5.74, 6) is 3.56. The van der Waals surface area contributed by atoms with E-state index >= 15 is 0 Å². The Morgan fingerprint density at radius 2 is 1.57 bits per heavy atom. The van der Waals surface area contributed by atoms with Gasteiger partial charge in [0.2, 0.25) is 0 Å². The van der Waals surface area contributed by atoms with Crippen LogP contribution in [0, 0.1) is 0 Å². The number of rotatable bonds is 6. The van der Waals surface area contributed by atoms with Crippen molar-refractivity contribution < 1.29 is 19.0 Å². The molecule has 1 heterocycles. The fraction of sp³-hybridized carbons (Fsp3) is 0.208. The van der Waals surface area contributed by atoms with E-state index in [1.807, 2.05) is 59.5 Å². The summed E-state index contributed by atoms with van der Waals surface area (Å²) >= 11 is 1.75. The highest BCUT2D eigenvalue weighted by atomic mass is 32.2. The molecular weight excluding hydrogens is 398 g/mol. The van der Waals surface area contributed by atoms with Gasteiger partial charge in [0.25, 0.3) is 5.91 Å². The third kappa shape index (κ3) is 4.39. The summed E-state index contributed by atoms with van der Waals surface area (Å²) in [6.45, 7) is 0.678. The van der Waals surface area contributed by atoms with Gasteiger partial charge in [0.05, 0.1) is 14.2 Å². The van der Waals surface area contributed by atoms with Crippen LogP contribution in [0.2, 0.25) is 0 Å². The zero-order valence-electron chi connectivity index (χ0n) is 16.9. The number of hydrogen-bond acceptors (Lipinski definition) is 5. The molecule has 1 atom stereocenters. The second-order valence-electron chi connectivity index (χ2n) is 6.81. The summed E-state index contributed by atoms with van der Waals surface area (Å²) in [5, 5.41) is -0.0750. The van der Waals surface area contributed by atoms with Gasteiger partial charge in [0.1, 0.15) is 28.4 Å². The SMILES string of the molecule is COc1cc(OC)cc(C(=O)N2CCSC2c2cccc(Oc3ccccc3)c2)c1. The summed E-state index contributed by atoms with van der Waals surface area (Å²) in [7, 11) is 3.16. The zero-order chi connectivity index (χ0) is 20.9. The minimum atomic E-state index is -0.0750. The van der Waals surface area contributed by atoms with E-state index in [0.717, 1.165) is 22.8 Å². The molecule has 154 valence electrons. The van der Waals surface area contributed by atoms with Crippen molar-refractivity contribution in [3.8, 4) is 23.0 Å². The van der Waals surface area contributed by atoms with Crippen molar-refractivity contribution in [2.24, 2.45) is 0 Å². The first kappa shape index (κ1) is 20.2. The number of ether oxygens (including phenoxy) is 3. The maximum absolute atomic E-state index is 13.3. The van der Waals surface area contributed by atoms with Crippen molar-refractivity contribution in [3.05, 3.63) is 83.9 Å². The molecule has 1 unspecified atom stereocenters. The first-order chi connectivity index (χ1) is 14.7. The normalized spacial score (nSPS) is 15.7. The van der Waals surface area contributed by atoms with E-state index in [4.69, 9.17) is 14.2 Å². The Labute approximate surface area is 180 Å². The summed E-state index contributed by atoms with van der Waals surface area (Å²) in [4.78, 5) is 15.2. The topological polar surface area (TPSA) is 48.0 Å². The molecule has 1 aliphatic rings. The first-order valence-corrected chi connectivity index (χ1v) is 10.7. The predicted octanol–water partition coefficient (Wildman–Crippen LogP) is 5.38. The first-order valence-electron chi connectivity index (χ1n) is 9.66. The van der Waals surface area contributed by atoms with Crippen molar-refractivity contribution >= 4 is 17.7 Å². The molecule has 6 heteroatoms. The Morgan fingerprint density at radius 1 is 0.867 bits per heavy atom. The summed E-state index contributed by atoms with van der Waals surface area (Å²) in [6, 6.07) is 22.9. The molecule has 1 saturated heterocycles. The van der Waals surface area contributed by atoms with E-state index < -0.39 is 0 Å². The van der Waals surface area contributed by atoms with Crippen molar-refractivity contribution in [1.29, 1.82) is 0 Å². The molecule has 0 radical (unpaired) electrons. The Balaban J connectivity index is 1.58. The average Bonchev–Trinajstić information content (AvgIpc) is 3.29. The number of thioether (sulfide) groups is 1. The van der Waals surface area contributed by atoms with Crippen molar-refractivity contribution in [1.82, 2.24) is 4.90 Å². The molecule has 0 spiro atoms. The number of carbonyl (C=O) groups is 1. The van der Waals surface area contributed by atoms with Gasteiger partial charge in [-0.25, -0.2) is 0 Å². The van der Waals surface area contributed by atoms with Crippen LogP contribution in [-0.2, 0) is 0 Å². The van der Waals surface area contributed by atoms with Crippen LogP contribution in [0.3, 0.4) is 0 Å². The molecule has 0 saturated carbocycles. The standard InChI is InChI=1S/C24H23NO4S/c1-27-21-14-18(15-22(16-21)28-2)23(26)25-11-12-30-24(25)17-7-6-10-20(13-17)29-19-8-4-3-5-9-19/h3-10,13-16,24H,11-12H2,1-2H3. The van der Waals surface area contributed by atoms with Crippen LogP contribution >= 0.6 is 11.8 Å². The molecule has 1 amide bonds. The Morgan fingerprint density at radius 3 is 2.27 bits per heavy atom. The van der Waals surface area contributed by atoms with Crippen LogP contribution in [0.25, 0.3) is 0 Å². The summed E-state index contributed by atoms with van der Waals surface area (Å²) < 4.78 is 16.6. The van der Waals surface area contributed by atoms with Gasteiger partial charge >= 0.3 is 0 Å². The van der Waals surface area contributed by atoms with Crippen LogP contribution in [0.5, 0.6) is 23.0 Å². The zero-order valence-corrected chi connectivity index (χ0v) is 17.7. The van der Waals surface area contributed by atoms with E-state index in [-0.39, 0.29) is 11.3 Å². The minimum Gasteiger partial charge on any atom is -0.497 e. The molecule has 1 aliphatic heterocycles. The van der Waals surface area contributed by atoms with E-state index in [9.17, 15) is 4.79 Å². The summed E-state index contributed by atoms with van der Waals surface area (Å²) in [6.07, 6.45) is 0. The highest BCUT2D eigenvalue weighted by molar-refractivity contribution is 7.99. The van der Waals surface area contributed by atoms with Crippen LogP contribution < -0.4 is 14.2 Å². The third-order valence-electron chi connectivity index (χ3n) is 4.87.